The van der Waals surface area contributed by atoms with Crippen LogP contribution in [0.25, 0.3) is 4.96 Å². The summed E-state index contributed by atoms with van der Waals surface area (Å²) in [6.07, 6.45) is 6.00. The van der Waals surface area contributed by atoms with Crippen LogP contribution in [0.2, 0.25) is 0 Å². The molecule has 0 aromatic carbocycles. The summed E-state index contributed by atoms with van der Waals surface area (Å²) >= 11 is 1.64. The summed E-state index contributed by atoms with van der Waals surface area (Å²) in [4.78, 5) is 0.920. The minimum Gasteiger partial charge on any atom is -0.378 e. The molecule has 20 heavy (non-hydrogen) atoms. The number of rotatable bonds is 5. The third kappa shape index (κ3) is 2.57. The first kappa shape index (κ1) is 12.7. The van der Waals surface area contributed by atoms with Crippen molar-refractivity contribution in [2.75, 3.05) is 19.7 Å². The van der Waals surface area contributed by atoms with Gasteiger partial charge in [0.2, 0.25) is 4.96 Å². The van der Waals surface area contributed by atoms with Gasteiger partial charge in [-0.3, -0.25) is 0 Å². The first-order valence-corrected chi connectivity index (χ1v) is 8.25. The Labute approximate surface area is 121 Å². The zero-order valence-electron chi connectivity index (χ0n) is 11.4. The monoisotopic (exact) mass is 293 g/mol. The number of piperidine rings is 1. The normalized spacial score (nSPS) is 20.8. The standard InChI is InChI=1S/C13H19N5OS/c1-2-9(1)12-15-16-13-18(12)17-11(20-13)5-8-19-10-3-6-14-7-4-10/h9-10,14H,1-8H2. The Morgan fingerprint density at radius 2 is 2.05 bits per heavy atom. The lowest BCUT2D eigenvalue weighted by Gasteiger charge is -2.22. The van der Waals surface area contributed by atoms with Crippen LogP contribution in [0.1, 0.15) is 42.4 Å². The molecular weight excluding hydrogens is 274 g/mol. The second kappa shape index (κ2) is 5.38. The van der Waals surface area contributed by atoms with Crippen LogP contribution in [-0.4, -0.2) is 45.6 Å². The van der Waals surface area contributed by atoms with Gasteiger partial charge in [-0.15, -0.1) is 10.2 Å². The van der Waals surface area contributed by atoms with Gasteiger partial charge in [-0.05, 0) is 38.8 Å². The Kier molecular flexibility index (Phi) is 3.41. The topological polar surface area (TPSA) is 64.3 Å². The summed E-state index contributed by atoms with van der Waals surface area (Å²) in [5.41, 5.74) is 0. The zero-order valence-corrected chi connectivity index (χ0v) is 12.2. The van der Waals surface area contributed by atoms with Gasteiger partial charge in [0.05, 0.1) is 12.7 Å². The molecule has 0 radical (unpaired) electrons. The van der Waals surface area contributed by atoms with Gasteiger partial charge in [0.15, 0.2) is 5.82 Å². The smallest absolute Gasteiger partial charge is 0.234 e. The molecule has 1 aliphatic carbocycles. The third-order valence-electron chi connectivity index (χ3n) is 3.95. The summed E-state index contributed by atoms with van der Waals surface area (Å²) in [6.45, 7) is 2.91. The molecule has 0 amide bonds. The maximum atomic E-state index is 5.93. The molecule has 0 bridgehead atoms. The van der Waals surface area contributed by atoms with Crippen molar-refractivity contribution in [3.63, 3.8) is 0 Å². The molecule has 1 N–H and O–H groups in total. The van der Waals surface area contributed by atoms with E-state index >= 15 is 0 Å². The molecule has 6 nitrogen and oxygen atoms in total. The van der Waals surface area contributed by atoms with Gasteiger partial charge in [-0.25, -0.2) is 0 Å². The molecule has 1 saturated heterocycles. The van der Waals surface area contributed by atoms with Gasteiger partial charge in [0.25, 0.3) is 0 Å². The van der Waals surface area contributed by atoms with Crippen molar-refractivity contribution in [2.24, 2.45) is 0 Å². The molecule has 0 unspecified atom stereocenters. The number of fused-ring (bicyclic) bond motifs is 1. The van der Waals surface area contributed by atoms with E-state index in [0.717, 1.165) is 54.8 Å². The van der Waals surface area contributed by atoms with Crippen molar-refractivity contribution in [3.05, 3.63) is 10.8 Å². The van der Waals surface area contributed by atoms with Gasteiger partial charge < -0.3 is 10.1 Å². The van der Waals surface area contributed by atoms with E-state index in [9.17, 15) is 0 Å². The van der Waals surface area contributed by atoms with E-state index in [2.05, 4.69) is 20.6 Å². The van der Waals surface area contributed by atoms with E-state index in [1.165, 1.54) is 12.8 Å². The molecule has 1 saturated carbocycles. The molecule has 7 heteroatoms. The summed E-state index contributed by atoms with van der Waals surface area (Å²) in [6, 6.07) is 0. The van der Waals surface area contributed by atoms with Crippen LogP contribution in [0.3, 0.4) is 0 Å². The second-order valence-corrected chi connectivity index (χ2v) is 6.63. The zero-order chi connectivity index (χ0) is 13.4. The molecule has 2 aliphatic rings. The predicted octanol–water partition coefficient (Wildman–Crippen LogP) is 1.37. The van der Waals surface area contributed by atoms with Crippen molar-refractivity contribution in [3.8, 4) is 0 Å². The Morgan fingerprint density at radius 3 is 2.85 bits per heavy atom. The molecule has 3 heterocycles. The van der Waals surface area contributed by atoms with E-state index in [0.29, 0.717) is 12.0 Å². The molecule has 0 spiro atoms. The Hall–Kier alpha value is -1.05. The molecule has 2 aromatic rings. The fraction of sp³-hybridized carbons (Fsp3) is 0.769. The van der Waals surface area contributed by atoms with Crippen LogP contribution in [0.4, 0.5) is 0 Å². The average molecular weight is 293 g/mol. The van der Waals surface area contributed by atoms with Gasteiger partial charge in [0, 0.05) is 12.3 Å². The van der Waals surface area contributed by atoms with Crippen molar-refractivity contribution in [1.82, 2.24) is 25.1 Å². The number of nitrogens with zero attached hydrogens (tertiary/aromatic N) is 4. The number of aromatic nitrogens is 4. The van der Waals surface area contributed by atoms with Crippen LogP contribution in [0, 0.1) is 0 Å². The summed E-state index contributed by atoms with van der Waals surface area (Å²) in [5.74, 6) is 1.63. The maximum absolute atomic E-state index is 5.93. The van der Waals surface area contributed by atoms with E-state index in [1.54, 1.807) is 11.3 Å². The number of hydrogen-bond acceptors (Lipinski definition) is 6. The van der Waals surface area contributed by atoms with Crippen LogP contribution in [-0.2, 0) is 11.2 Å². The first-order valence-electron chi connectivity index (χ1n) is 7.43. The first-order chi connectivity index (χ1) is 9.90. The highest BCUT2D eigenvalue weighted by Crippen LogP contribution is 2.39. The van der Waals surface area contributed by atoms with E-state index in [4.69, 9.17) is 4.74 Å². The Morgan fingerprint density at radius 1 is 1.20 bits per heavy atom. The summed E-state index contributed by atoms with van der Waals surface area (Å²) < 4.78 is 7.86. The maximum Gasteiger partial charge on any atom is 0.234 e. The molecule has 2 aromatic heterocycles. The lowest BCUT2D eigenvalue weighted by molar-refractivity contribution is 0.0348. The van der Waals surface area contributed by atoms with Crippen molar-refractivity contribution in [2.45, 2.75) is 44.1 Å². The number of ether oxygens (including phenoxy) is 1. The van der Waals surface area contributed by atoms with E-state index in [1.807, 2.05) is 4.52 Å². The molecule has 108 valence electrons. The van der Waals surface area contributed by atoms with Crippen molar-refractivity contribution < 1.29 is 4.74 Å². The quantitative estimate of drug-likeness (QED) is 0.902. The Balaban J connectivity index is 1.36. The van der Waals surface area contributed by atoms with Crippen LogP contribution in [0.5, 0.6) is 0 Å². The second-order valence-electron chi connectivity index (χ2n) is 5.59. The molecule has 2 fully saturated rings. The molecule has 0 atom stereocenters. The van der Waals surface area contributed by atoms with Crippen molar-refractivity contribution >= 4 is 16.3 Å². The van der Waals surface area contributed by atoms with Gasteiger partial charge in [-0.1, -0.05) is 11.3 Å². The lowest BCUT2D eigenvalue weighted by atomic mass is 10.1. The number of hydrogen-bond donors (Lipinski definition) is 1. The fourth-order valence-electron chi connectivity index (χ4n) is 2.64. The molecular formula is C13H19N5OS. The highest BCUT2D eigenvalue weighted by Gasteiger charge is 2.30. The highest BCUT2D eigenvalue weighted by atomic mass is 32.1. The Bertz CT molecular complexity index is 585. The van der Waals surface area contributed by atoms with Gasteiger partial charge >= 0.3 is 0 Å². The van der Waals surface area contributed by atoms with Crippen molar-refractivity contribution in [1.29, 1.82) is 0 Å². The van der Waals surface area contributed by atoms with Crippen LogP contribution < -0.4 is 5.32 Å². The fourth-order valence-corrected chi connectivity index (χ4v) is 3.46. The summed E-state index contributed by atoms with van der Waals surface area (Å²) in [5, 5.41) is 17.5. The average Bonchev–Trinajstić information content (AvgIpc) is 3.11. The SMILES string of the molecule is C1CC(OCCc2nn3c(C4CC4)nnc3s2)CCN1. The molecule has 4 rings (SSSR count). The molecule has 1 aliphatic heterocycles. The van der Waals surface area contributed by atoms with Crippen LogP contribution in [0.15, 0.2) is 0 Å². The lowest BCUT2D eigenvalue weighted by Crippen LogP contribution is -2.32. The third-order valence-corrected chi connectivity index (χ3v) is 4.91. The van der Waals surface area contributed by atoms with Gasteiger partial charge in [0.1, 0.15) is 5.01 Å². The number of nitrogens with one attached hydrogen (secondary N) is 1. The largest absolute Gasteiger partial charge is 0.378 e. The highest BCUT2D eigenvalue weighted by molar-refractivity contribution is 7.16. The predicted molar refractivity (Wildman–Crippen MR) is 76.2 cm³/mol. The minimum atomic E-state index is 0.420. The van der Waals surface area contributed by atoms with Gasteiger partial charge in [-0.2, -0.15) is 9.61 Å². The van der Waals surface area contributed by atoms with Crippen LogP contribution >= 0.6 is 11.3 Å². The van der Waals surface area contributed by atoms with E-state index < -0.39 is 0 Å². The minimum absolute atomic E-state index is 0.420. The summed E-state index contributed by atoms with van der Waals surface area (Å²) in [7, 11) is 0. The van der Waals surface area contributed by atoms with E-state index in [-0.39, 0.29) is 0 Å².